The summed E-state index contributed by atoms with van der Waals surface area (Å²) in [6.07, 6.45) is 2.67. The second-order valence-corrected chi connectivity index (χ2v) is 3.96. The van der Waals surface area contributed by atoms with Crippen molar-refractivity contribution in [3.05, 3.63) is 30.1 Å². The zero-order chi connectivity index (χ0) is 11.8. The molecule has 0 aliphatic rings. The van der Waals surface area contributed by atoms with Crippen LogP contribution in [-0.4, -0.2) is 24.7 Å². The van der Waals surface area contributed by atoms with Gasteiger partial charge < -0.3 is 4.98 Å². The van der Waals surface area contributed by atoms with Gasteiger partial charge >= 0.3 is 0 Å². The largest absolute Gasteiger partial charge is 0.335 e. The first-order valence-electron chi connectivity index (χ1n) is 5.62. The summed E-state index contributed by atoms with van der Waals surface area (Å²) in [4.78, 5) is 11.9. The van der Waals surface area contributed by atoms with Crippen LogP contribution < -0.4 is 0 Å². The van der Waals surface area contributed by atoms with Crippen LogP contribution in [0.2, 0.25) is 0 Å². The van der Waals surface area contributed by atoms with E-state index in [9.17, 15) is 0 Å². The number of H-pyrrole nitrogens is 1. The maximum atomic E-state index is 4.46. The Kier molecular flexibility index (Phi) is 2.18. The minimum atomic E-state index is 0.738. The number of aromatic nitrogens is 5. The average Bonchev–Trinajstić information content (AvgIpc) is 2.91. The molecule has 5 heteroatoms. The topological polar surface area (TPSA) is 59.4 Å². The Bertz CT molecular complexity index is 631. The van der Waals surface area contributed by atoms with Crippen molar-refractivity contribution in [3.8, 4) is 11.5 Å². The summed E-state index contributed by atoms with van der Waals surface area (Å²) < 4.78 is 1.84. The Balaban J connectivity index is 2.16. The molecule has 86 valence electrons. The standard InChI is InChI=1S/C12H13N5/c1-3-8-7-10(17(2)16-8)12-14-9-5-4-6-13-11(9)15-12/h4-7H,3H2,1-2H3,(H,13,14,15). The molecule has 0 bridgehead atoms. The molecule has 3 rings (SSSR count). The number of aryl methyl sites for hydroxylation is 2. The van der Waals surface area contributed by atoms with E-state index in [0.717, 1.165) is 34.8 Å². The average molecular weight is 227 g/mol. The fourth-order valence-electron chi connectivity index (χ4n) is 1.89. The Morgan fingerprint density at radius 2 is 2.29 bits per heavy atom. The Labute approximate surface area is 98.5 Å². The van der Waals surface area contributed by atoms with Crippen LogP contribution in [0.1, 0.15) is 12.6 Å². The molecule has 3 heterocycles. The lowest BCUT2D eigenvalue weighted by atomic mass is 10.3. The zero-order valence-corrected chi connectivity index (χ0v) is 9.81. The number of rotatable bonds is 2. The Hall–Kier alpha value is -2.17. The normalized spacial score (nSPS) is 11.2. The highest BCUT2D eigenvalue weighted by atomic mass is 15.3. The molecule has 0 atom stereocenters. The van der Waals surface area contributed by atoms with Crippen LogP contribution >= 0.6 is 0 Å². The highest BCUT2D eigenvalue weighted by Gasteiger charge is 2.11. The molecule has 0 aliphatic heterocycles. The van der Waals surface area contributed by atoms with Crippen molar-refractivity contribution in [3.63, 3.8) is 0 Å². The van der Waals surface area contributed by atoms with Gasteiger partial charge in [0.2, 0.25) is 0 Å². The summed E-state index contributed by atoms with van der Waals surface area (Å²) in [6, 6.07) is 5.92. The van der Waals surface area contributed by atoms with Crippen LogP contribution in [0.4, 0.5) is 0 Å². The number of nitrogens with one attached hydrogen (secondary N) is 1. The van der Waals surface area contributed by atoms with Crippen molar-refractivity contribution in [2.75, 3.05) is 0 Å². The van der Waals surface area contributed by atoms with Crippen molar-refractivity contribution in [1.82, 2.24) is 24.7 Å². The van der Waals surface area contributed by atoms with Gasteiger partial charge in [-0.3, -0.25) is 4.68 Å². The number of fused-ring (bicyclic) bond motifs is 1. The monoisotopic (exact) mass is 227 g/mol. The summed E-state index contributed by atoms with van der Waals surface area (Å²) in [7, 11) is 1.93. The molecule has 0 amide bonds. The maximum absolute atomic E-state index is 4.46. The quantitative estimate of drug-likeness (QED) is 0.727. The zero-order valence-electron chi connectivity index (χ0n) is 9.81. The first-order chi connectivity index (χ1) is 8.28. The summed E-state index contributed by atoms with van der Waals surface area (Å²) in [5, 5.41) is 4.41. The van der Waals surface area contributed by atoms with Gasteiger partial charge in [-0.1, -0.05) is 6.92 Å². The molecule has 1 N–H and O–H groups in total. The van der Waals surface area contributed by atoms with Gasteiger partial charge in [0.05, 0.1) is 11.2 Å². The van der Waals surface area contributed by atoms with Crippen LogP contribution in [0, 0.1) is 0 Å². The van der Waals surface area contributed by atoms with Crippen LogP contribution in [0.3, 0.4) is 0 Å². The third kappa shape index (κ3) is 1.60. The highest BCUT2D eigenvalue weighted by molar-refractivity contribution is 5.74. The first kappa shape index (κ1) is 10.0. The number of hydrogen-bond donors (Lipinski definition) is 1. The first-order valence-corrected chi connectivity index (χ1v) is 5.62. The van der Waals surface area contributed by atoms with Crippen LogP contribution in [-0.2, 0) is 13.5 Å². The van der Waals surface area contributed by atoms with Crippen molar-refractivity contribution >= 4 is 11.2 Å². The molecule has 0 fully saturated rings. The molecular weight excluding hydrogens is 214 g/mol. The van der Waals surface area contributed by atoms with Crippen LogP contribution in [0.5, 0.6) is 0 Å². The van der Waals surface area contributed by atoms with E-state index in [2.05, 4.69) is 33.0 Å². The van der Waals surface area contributed by atoms with Gasteiger partial charge in [-0.2, -0.15) is 5.10 Å². The smallest absolute Gasteiger partial charge is 0.178 e. The lowest BCUT2D eigenvalue weighted by Gasteiger charge is -1.95. The van der Waals surface area contributed by atoms with Crippen molar-refractivity contribution in [2.45, 2.75) is 13.3 Å². The van der Waals surface area contributed by atoms with Gasteiger partial charge in [-0.15, -0.1) is 0 Å². The van der Waals surface area contributed by atoms with E-state index in [-0.39, 0.29) is 0 Å². The van der Waals surface area contributed by atoms with E-state index in [1.54, 1.807) is 6.20 Å². The minimum Gasteiger partial charge on any atom is -0.335 e. The molecule has 0 aliphatic carbocycles. The van der Waals surface area contributed by atoms with Gasteiger partial charge in [-0.05, 0) is 24.6 Å². The van der Waals surface area contributed by atoms with Gasteiger partial charge in [0.25, 0.3) is 0 Å². The van der Waals surface area contributed by atoms with Crippen molar-refractivity contribution in [1.29, 1.82) is 0 Å². The van der Waals surface area contributed by atoms with Gasteiger partial charge in [0, 0.05) is 13.2 Å². The van der Waals surface area contributed by atoms with Gasteiger partial charge in [-0.25, -0.2) is 9.97 Å². The lowest BCUT2D eigenvalue weighted by Crippen LogP contribution is -1.95. The van der Waals surface area contributed by atoms with Crippen molar-refractivity contribution in [2.24, 2.45) is 7.05 Å². The van der Waals surface area contributed by atoms with Gasteiger partial charge in [0.15, 0.2) is 11.5 Å². The minimum absolute atomic E-state index is 0.738. The second kappa shape index (κ2) is 3.69. The number of nitrogens with zero attached hydrogens (tertiary/aromatic N) is 4. The molecule has 0 saturated carbocycles. The molecule has 5 nitrogen and oxygen atoms in total. The molecule has 3 aromatic heterocycles. The highest BCUT2D eigenvalue weighted by Crippen LogP contribution is 2.19. The summed E-state index contributed by atoms with van der Waals surface area (Å²) in [5.74, 6) is 0.813. The van der Waals surface area contributed by atoms with E-state index in [1.807, 2.05) is 23.9 Å². The van der Waals surface area contributed by atoms with E-state index < -0.39 is 0 Å². The number of pyridine rings is 1. The molecule has 0 saturated heterocycles. The fourth-order valence-corrected chi connectivity index (χ4v) is 1.89. The van der Waals surface area contributed by atoms with Gasteiger partial charge in [0.1, 0.15) is 5.69 Å². The van der Waals surface area contributed by atoms with Crippen LogP contribution in [0.25, 0.3) is 22.7 Å². The number of aromatic amines is 1. The Morgan fingerprint density at radius 1 is 1.41 bits per heavy atom. The molecule has 0 spiro atoms. The molecule has 0 aromatic carbocycles. The molecule has 3 aromatic rings. The third-order valence-electron chi connectivity index (χ3n) is 2.79. The summed E-state index contributed by atoms with van der Waals surface area (Å²) >= 11 is 0. The van der Waals surface area contributed by atoms with Crippen LogP contribution in [0.15, 0.2) is 24.4 Å². The predicted molar refractivity (Wildman–Crippen MR) is 65.5 cm³/mol. The second-order valence-electron chi connectivity index (χ2n) is 3.96. The molecular formula is C12H13N5. The van der Waals surface area contributed by atoms with E-state index in [4.69, 9.17) is 0 Å². The summed E-state index contributed by atoms with van der Waals surface area (Å²) in [6.45, 7) is 2.09. The molecule has 0 unspecified atom stereocenters. The fraction of sp³-hybridized carbons (Fsp3) is 0.250. The predicted octanol–water partition coefficient (Wildman–Crippen LogP) is 1.92. The molecule has 17 heavy (non-hydrogen) atoms. The lowest BCUT2D eigenvalue weighted by molar-refractivity contribution is 0.749. The Morgan fingerprint density at radius 3 is 3.00 bits per heavy atom. The maximum Gasteiger partial charge on any atom is 0.178 e. The van der Waals surface area contributed by atoms with E-state index >= 15 is 0 Å². The van der Waals surface area contributed by atoms with E-state index in [1.165, 1.54) is 0 Å². The summed E-state index contributed by atoms with van der Waals surface area (Å²) in [5.41, 5.74) is 3.74. The third-order valence-corrected chi connectivity index (χ3v) is 2.79. The van der Waals surface area contributed by atoms with Crippen molar-refractivity contribution < 1.29 is 0 Å². The number of hydrogen-bond acceptors (Lipinski definition) is 3. The number of imidazole rings is 1. The SMILES string of the molecule is CCc1cc(-c2nc3ncccc3[nH]2)n(C)n1. The molecule has 0 radical (unpaired) electrons. The van der Waals surface area contributed by atoms with E-state index in [0.29, 0.717) is 0 Å².